The lowest BCUT2D eigenvalue weighted by Crippen LogP contribution is -2.62. The van der Waals surface area contributed by atoms with Gasteiger partial charge in [-0.3, -0.25) is 4.79 Å². The molecular formula is C45H86N2OS2. The van der Waals surface area contributed by atoms with Crippen molar-refractivity contribution in [3.63, 3.8) is 0 Å². The highest BCUT2D eigenvalue weighted by Gasteiger charge is 2.44. The molecule has 1 amide bonds. The molecule has 1 rings (SSSR count). The molecular weight excluding hydrogens is 649 g/mol. The highest BCUT2D eigenvalue weighted by molar-refractivity contribution is 8.00. The summed E-state index contributed by atoms with van der Waals surface area (Å²) in [5, 5.41) is 0. The van der Waals surface area contributed by atoms with Crippen LogP contribution in [0.3, 0.4) is 0 Å². The van der Waals surface area contributed by atoms with Crippen molar-refractivity contribution in [3.05, 3.63) is 24.3 Å². The predicted octanol–water partition coefficient (Wildman–Crippen LogP) is 13.9. The number of allylic oxidation sites excluding steroid dienone is 4. The third-order valence-corrected chi connectivity index (χ3v) is 13.1. The second-order valence-corrected chi connectivity index (χ2v) is 18.2. The Bertz CT molecular complexity index is 744. The molecule has 0 aromatic carbocycles. The molecule has 0 bridgehead atoms. The molecule has 0 aliphatic carbocycles. The zero-order chi connectivity index (χ0) is 36.2. The normalized spacial score (nSPS) is 14.5. The molecule has 1 aliphatic rings. The summed E-state index contributed by atoms with van der Waals surface area (Å²) < 4.78 is 0. The molecule has 0 aromatic rings. The van der Waals surface area contributed by atoms with Gasteiger partial charge in [0.05, 0.1) is 6.54 Å². The van der Waals surface area contributed by atoms with Gasteiger partial charge in [0.2, 0.25) is 5.91 Å². The lowest BCUT2D eigenvalue weighted by molar-refractivity contribution is -0.141. The largest absolute Gasteiger partial charge is 0.340 e. The van der Waals surface area contributed by atoms with E-state index in [0.717, 1.165) is 13.1 Å². The molecule has 50 heavy (non-hydrogen) atoms. The lowest BCUT2D eigenvalue weighted by Gasteiger charge is -2.50. The number of hydrogen-bond donors (Lipinski definition) is 0. The van der Waals surface area contributed by atoms with E-state index in [4.69, 9.17) is 0 Å². The van der Waals surface area contributed by atoms with Crippen molar-refractivity contribution in [1.82, 2.24) is 9.80 Å². The zero-order valence-electron chi connectivity index (χ0n) is 34.2. The Morgan fingerprint density at radius 1 is 0.520 bits per heavy atom. The minimum atomic E-state index is 0.308. The maximum atomic E-state index is 12.7. The van der Waals surface area contributed by atoms with Crippen molar-refractivity contribution < 1.29 is 4.79 Å². The number of amides is 1. The fraction of sp³-hybridized carbons (Fsp3) is 0.889. The van der Waals surface area contributed by atoms with Crippen LogP contribution >= 0.6 is 23.5 Å². The van der Waals surface area contributed by atoms with Crippen LogP contribution in [0, 0.1) is 5.41 Å². The monoisotopic (exact) mass is 735 g/mol. The van der Waals surface area contributed by atoms with Crippen LogP contribution < -0.4 is 0 Å². The van der Waals surface area contributed by atoms with Gasteiger partial charge in [0, 0.05) is 30.0 Å². The van der Waals surface area contributed by atoms with Crippen LogP contribution in [0.25, 0.3) is 0 Å². The number of hydrogen-bond acceptors (Lipinski definition) is 4. The van der Waals surface area contributed by atoms with Crippen LogP contribution in [0.2, 0.25) is 0 Å². The van der Waals surface area contributed by atoms with Crippen LogP contribution in [0.4, 0.5) is 0 Å². The molecule has 0 saturated carbocycles. The summed E-state index contributed by atoms with van der Waals surface area (Å²) in [6.45, 7) is 7.07. The van der Waals surface area contributed by atoms with Gasteiger partial charge >= 0.3 is 0 Å². The van der Waals surface area contributed by atoms with E-state index >= 15 is 0 Å². The summed E-state index contributed by atoms with van der Waals surface area (Å²) in [4.78, 5) is 16.8. The minimum absolute atomic E-state index is 0.308. The SMILES string of the molecule is CCCCCCCC/C=C\CCCCCCCCSCC1(CSCCCCCCCC/C=C\CCCCCCCC)CN(C(=O)CN(C)C)C1. The summed E-state index contributed by atoms with van der Waals surface area (Å²) >= 11 is 4.33. The molecule has 0 atom stereocenters. The van der Waals surface area contributed by atoms with Gasteiger partial charge in [0.25, 0.3) is 0 Å². The first-order valence-corrected chi connectivity index (χ1v) is 24.2. The van der Waals surface area contributed by atoms with Gasteiger partial charge in [-0.15, -0.1) is 0 Å². The number of thioether (sulfide) groups is 2. The number of likely N-dealkylation sites (tertiary alicyclic amines) is 1. The van der Waals surface area contributed by atoms with Crippen molar-refractivity contribution in [2.45, 2.75) is 194 Å². The Morgan fingerprint density at radius 3 is 1.18 bits per heavy atom. The van der Waals surface area contributed by atoms with Gasteiger partial charge < -0.3 is 9.80 Å². The van der Waals surface area contributed by atoms with E-state index in [1.807, 2.05) is 19.0 Å². The quantitative estimate of drug-likeness (QED) is 0.0465. The fourth-order valence-corrected chi connectivity index (χ4v) is 9.68. The molecule has 0 radical (unpaired) electrons. The van der Waals surface area contributed by atoms with E-state index in [2.05, 4.69) is 66.6 Å². The van der Waals surface area contributed by atoms with Gasteiger partial charge in [-0.1, -0.05) is 154 Å². The fourth-order valence-electron chi connectivity index (χ4n) is 7.02. The Morgan fingerprint density at radius 2 is 0.840 bits per heavy atom. The predicted molar refractivity (Wildman–Crippen MR) is 231 cm³/mol. The third kappa shape index (κ3) is 29.1. The number of likely N-dealkylation sites (N-methyl/N-ethyl adjacent to an activating group) is 1. The zero-order valence-corrected chi connectivity index (χ0v) is 35.8. The molecule has 3 nitrogen and oxygen atoms in total. The smallest absolute Gasteiger partial charge is 0.236 e. The van der Waals surface area contributed by atoms with Gasteiger partial charge in [-0.2, -0.15) is 23.5 Å². The number of rotatable bonds is 38. The molecule has 5 heteroatoms. The molecule has 294 valence electrons. The first kappa shape index (κ1) is 47.6. The minimum Gasteiger partial charge on any atom is -0.340 e. The molecule has 0 N–H and O–H groups in total. The molecule has 0 spiro atoms. The Labute approximate surface area is 322 Å². The van der Waals surface area contributed by atoms with Crippen LogP contribution in [-0.2, 0) is 4.79 Å². The standard InChI is InChI=1S/C45H86N2OS2/c1-5-7-9-11-13-15-17-19-21-23-25-27-29-31-33-35-37-49-42-45(40-47(41-45)44(48)39-46(3)4)43-50-38-36-34-32-30-28-26-24-22-20-18-16-14-12-10-8-6-2/h19-22H,5-18,23-43H2,1-4H3/b21-19-,22-20-. The Kier molecular flexibility index (Phi) is 33.9. The first-order valence-electron chi connectivity index (χ1n) is 21.9. The molecule has 0 aromatic heterocycles. The average molecular weight is 735 g/mol. The molecule has 1 aliphatic heterocycles. The molecule has 1 fully saturated rings. The third-order valence-electron chi connectivity index (χ3n) is 10.3. The first-order chi connectivity index (χ1) is 24.5. The highest BCUT2D eigenvalue weighted by atomic mass is 32.2. The van der Waals surface area contributed by atoms with E-state index in [-0.39, 0.29) is 0 Å². The van der Waals surface area contributed by atoms with Crippen LogP contribution in [0.5, 0.6) is 0 Å². The van der Waals surface area contributed by atoms with Gasteiger partial charge in [0.1, 0.15) is 0 Å². The van der Waals surface area contributed by atoms with Crippen molar-refractivity contribution in [2.24, 2.45) is 5.41 Å². The number of carbonyl (C=O) groups is 1. The number of nitrogens with zero attached hydrogens (tertiary/aromatic N) is 2. The van der Waals surface area contributed by atoms with Gasteiger partial charge in [-0.05, 0) is 89.8 Å². The second-order valence-electron chi connectivity index (χ2n) is 16.0. The summed E-state index contributed by atoms with van der Waals surface area (Å²) in [7, 11) is 4.00. The Balaban J connectivity index is 2.07. The van der Waals surface area contributed by atoms with Crippen molar-refractivity contribution in [3.8, 4) is 0 Å². The lowest BCUT2D eigenvalue weighted by atomic mass is 9.83. The Hall–Kier alpha value is -0.390. The van der Waals surface area contributed by atoms with Gasteiger partial charge in [0.15, 0.2) is 0 Å². The summed E-state index contributed by atoms with van der Waals surface area (Å²) in [6.07, 6.45) is 48.2. The maximum Gasteiger partial charge on any atom is 0.236 e. The van der Waals surface area contributed by atoms with Crippen LogP contribution in [0.1, 0.15) is 194 Å². The van der Waals surface area contributed by atoms with Gasteiger partial charge in [-0.25, -0.2) is 0 Å². The molecule has 1 heterocycles. The molecule has 1 saturated heterocycles. The van der Waals surface area contributed by atoms with E-state index in [9.17, 15) is 4.79 Å². The van der Waals surface area contributed by atoms with Crippen molar-refractivity contribution in [1.29, 1.82) is 0 Å². The summed E-state index contributed by atoms with van der Waals surface area (Å²) in [5.74, 6) is 5.33. The molecule has 0 unspecified atom stereocenters. The van der Waals surface area contributed by atoms with Crippen LogP contribution in [-0.4, -0.2) is 72.4 Å². The summed E-state index contributed by atoms with van der Waals surface area (Å²) in [5.41, 5.74) is 0.336. The van der Waals surface area contributed by atoms with E-state index in [1.165, 1.54) is 203 Å². The number of carbonyl (C=O) groups excluding carboxylic acids is 1. The van der Waals surface area contributed by atoms with E-state index in [0.29, 0.717) is 17.9 Å². The summed E-state index contributed by atoms with van der Waals surface area (Å²) in [6, 6.07) is 0. The van der Waals surface area contributed by atoms with E-state index < -0.39 is 0 Å². The van der Waals surface area contributed by atoms with E-state index in [1.54, 1.807) is 0 Å². The number of unbranched alkanes of at least 4 members (excludes halogenated alkanes) is 24. The van der Waals surface area contributed by atoms with Crippen molar-refractivity contribution >= 4 is 29.4 Å². The average Bonchev–Trinajstić information content (AvgIpc) is 3.08. The topological polar surface area (TPSA) is 23.6 Å². The maximum absolute atomic E-state index is 12.7. The van der Waals surface area contributed by atoms with Crippen molar-refractivity contribution in [2.75, 3.05) is 56.7 Å². The highest BCUT2D eigenvalue weighted by Crippen LogP contribution is 2.38. The second kappa shape index (κ2) is 35.6. The van der Waals surface area contributed by atoms with Crippen LogP contribution in [0.15, 0.2) is 24.3 Å².